The minimum Gasteiger partial charge on any atom is -0.497 e. The van der Waals surface area contributed by atoms with Gasteiger partial charge in [-0.2, -0.15) is 5.10 Å². The number of hydrogen-bond acceptors (Lipinski definition) is 5. The molecule has 1 aromatic heterocycles. The maximum Gasteiger partial charge on any atom is 0.215 e. The second-order valence-corrected chi connectivity index (χ2v) is 7.68. The summed E-state index contributed by atoms with van der Waals surface area (Å²) in [6.45, 7) is 2.10. The highest BCUT2D eigenvalue weighted by atomic mass is 32.1. The van der Waals surface area contributed by atoms with Crippen LogP contribution in [-0.2, 0) is 0 Å². The van der Waals surface area contributed by atoms with Crippen LogP contribution in [0, 0.1) is 6.92 Å². The van der Waals surface area contributed by atoms with Crippen molar-refractivity contribution in [3.05, 3.63) is 94.1 Å². The predicted octanol–water partition coefficient (Wildman–Crippen LogP) is 5.47. The highest BCUT2D eigenvalue weighted by Gasteiger charge is 2.11. The van der Waals surface area contributed by atoms with Crippen molar-refractivity contribution in [2.75, 3.05) is 14.2 Å². The maximum atomic E-state index is 5.45. The molecule has 0 amide bonds. The van der Waals surface area contributed by atoms with Crippen molar-refractivity contribution >= 4 is 17.6 Å². The molecule has 0 unspecified atom stereocenters. The van der Waals surface area contributed by atoms with Crippen LogP contribution in [0.5, 0.6) is 11.5 Å². The summed E-state index contributed by atoms with van der Waals surface area (Å²) in [4.78, 5) is 0.789. The van der Waals surface area contributed by atoms with E-state index in [1.165, 1.54) is 5.56 Å². The number of benzene rings is 3. The molecule has 3 aromatic carbocycles. The summed E-state index contributed by atoms with van der Waals surface area (Å²) in [5.74, 6) is 1.41. The molecule has 4 rings (SSSR count). The van der Waals surface area contributed by atoms with Gasteiger partial charge in [0.1, 0.15) is 11.5 Å². The highest BCUT2D eigenvalue weighted by Crippen LogP contribution is 2.25. The lowest BCUT2D eigenvalue weighted by Gasteiger charge is -2.11. The van der Waals surface area contributed by atoms with E-state index in [0.29, 0.717) is 5.75 Å². The van der Waals surface area contributed by atoms with Crippen LogP contribution in [-0.4, -0.2) is 25.0 Å². The standard InChI is InChI=1S/C25H23N3O2S/c1-18-9-7-8-12-22(18)28-23(19-10-5-4-6-11-19)17-31-25(28)27-26-16-20-13-14-21(29-2)15-24(20)30-3/h4-17H,1-3H3/b26-16+,27-25+. The van der Waals surface area contributed by atoms with Crippen molar-refractivity contribution in [1.82, 2.24) is 4.57 Å². The van der Waals surface area contributed by atoms with Crippen LogP contribution < -0.4 is 14.3 Å². The Labute approximate surface area is 185 Å². The summed E-state index contributed by atoms with van der Waals surface area (Å²) in [5, 5.41) is 11.0. The summed E-state index contributed by atoms with van der Waals surface area (Å²) >= 11 is 1.56. The first kappa shape index (κ1) is 20.6. The summed E-state index contributed by atoms with van der Waals surface area (Å²) < 4.78 is 12.9. The first-order chi connectivity index (χ1) is 15.2. The average Bonchev–Trinajstić information content (AvgIpc) is 3.23. The zero-order chi connectivity index (χ0) is 21.6. The molecule has 0 saturated heterocycles. The van der Waals surface area contributed by atoms with Gasteiger partial charge in [0, 0.05) is 17.0 Å². The Morgan fingerprint density at radius 3 is 2.42 bits per heavy atom. The molecule has 31 heavy (non-hydrogen) atoms. The molecule has 0 aliphatic rings. The Morgan fingerprint density at radius 1 is 0.903 bits per heavy atom. The van der Waals surface area contributed by atoms with Crippen molar-refractivity contribution < 1.29 is 9.47 Å². The molecule has 0 saturated carbocycles. The zero-order valence-corrected chi connectivity index (χ0v) is 18.5. The van der Waals surface area contributed by atoms with E-state index in [9.17, 15) is 0 Å². The Bertz CT molecular complexity index is 1270. The van der Waals surface area contributed by atoms with Gasteiger partial charge in [-0.15, -0.1) is 16.4 Å². The van der Waals surface area contributed by atoms with E-state index in [-0.39, 0.29) is 0 Å². The minimum absolute atomic E-state index is 0.682. The second kappa shape index (κ2) is 9.45. The fourth-order valence-corrected chi connectivity index (χ4v) is 4.16. The Hall–Kier alpha value is -3.64. The van der Waals surface area contributed by atoms with Crippen LogP contribution in [0.15, 0.2) is 88.4 Å². The van der Waals surface area contributed by atoms with Crippen molar-refractivity contribution in [3.8, 4) is 28.4 Å². The van der Waals surface area contributed by atoms with E-state index in [1.807, 2.05) is 48.5 Å². The topological polar surface area (TPSA) is 48.1 Å². The van der Waals surface area contributed by atoms with Gasteiger partial charge >= 0.3 is 0 Å². The summed E-state index contributed by atoms with van der Waals surface area (Å²) in [6, 6.07) is 24.2. The summed E-state index contributed by atoms with van der Waals surface area (Å²) in [6.07, 6.45) is 1.70. The molecule has 1 heterocycles. The van der Waals surface area contributed by atoms with Gasteiger partial charge in [0.15, 0.2) is 0 Å². The van der Waals surface area contributed by atoms with Gasteiger partial charge in [-0.1, -0.05) is 48.5 Å². The maximum absolute atomic E-state index is 5.45. The molecular formula is C25H23N3O2S. The molecule has 6 heteroatoms. The van der Waals surface area contributed by atoms with Crippen LogP contribution in [0.3, 0.4) is 0 Å². The van der Waals surface area contributed by atoms with Crippen LogP contribution in [0.1, 0.15) is 11.1 Å². The lowest BCUT2D eigenvalue weighted by atomic mass is 10.1. The van der Waals surface area contributed by atoms with Gasteiger partial charge in [-0.05, 0) is 36.2 Å². The number of thiazole rings is 1. The number of aromatic nitrogens is 1. The lowest BCUT2D eigenvalue weighted by Crippen LogP contribution is -2.14. The van der Waals surface area contributed by atoms with Gasteiger partial charge in [-0.3, -0.25) is 4.57 Å². The minimum atomic E-state index is 0.682. The molecule has 0 N–H and O–H groups in total. The van der Waals surface area contributed by atoms with Crippen LogP contribution in [0.2, 0.25) is 0 Å². The first-order valence-electron chi connectivity index (χ1n) is 9.82. The fourth-order valence-electron chi connectivity index (χ4n) is 3.30. The largest absolute Gasteiger partial charge is 0.497 e. The third-order valence-corrected chi connectivity index (χ3v) is 5.73. The van der Waals surface area contributed by atoms with E-state index in [2.05, 4.69) is 51.3 Å². The van der Waals surface area contributed by atoms with E-state index in [1.54, 1.807) is 31.8 Å². The highest BCUT2D eigenvalue weighted by molar-refractivity contribution is 7.07. The smallest absolute Gasteiger partial charge is 0.215 e. The monoisotopic (exact) mass is 429 g/mol. The molecule has 5 nitrogen and oxygen atoms in total. The van der Waals surface area contributed by atoms with Gasteiger partial charge in [0.25, 0.3) is 0 Å². The number of aryl methyl sites for hydroxylation is 1. The third-order valence-electron chi connectivity index (χ3n) is 4.91. The van der Waals surface area contributed by atoms with Crippen molar-refractivity contribution in [1.29, 1.82) is 0 Å². The molecule has 0 radical (unpaired) electrons. The van der Waals surface area contributed by atoms with Crippen LogP contribution >= 0.6 is 11.3 Å². The molecule has 0 atom stereocenters. The predicted molar refractivity (Wildman–Crippen MR) is 127 cm³/mol. The van der Waals surface area contributed by atoms with Gasteiger partial charge in [0.05, 0.1) is 31.8 Å². The summed E-state index contributed by atoms with van der Waals surface area (Å²) in [5.41, 5.74) is 5.29. The third kappa shape index (κ3) is 4.44. The van der Waals surface area contributed by atoms with Gasteiger partial charge in [0.2, 0.25) is 4.80 Å². The molecule has 156 valence electrons. The second-order valence-electron chi connectivity index (χ2n) is 6.84. The van der Waals surface area contributed by atoms with Gasteiger partial charge < -0.3 is 9.47 Å². The van der Waals surface area contributed by atoms with Crippen molar-refractivity contribution in [2.24, 2.45) is 10.2 Å². The number of hydrogen-bond donors (Lipinski definition) is 0. The van der Waals surface area contributed by atoms with E-state index in [0.717, 1.165) is 33.1 Å². The fraction of sp³-hybridized carbons (Fsp3) is 0.120. The Kier molecular flexibility index (Phi) is 6.29. The van der Waals surface area contributed by atoms with Crippen molar-refractivity contribution in [2.45, 2.75) is 6.92 Å². The number of rotatable bonds is 6. The Balaban J connectivity index is 1.81. The zero-order valence-electron chi connectivity index (χ0n) is 17.6. The average molecular weight is 430 g/mol. The van der Waals surface area contributed by atoms with Crippen LogP contribution in [0.4, 0.5) is 0 Å². The molecule has 0 aliphatic carbocycles. The number of para-hydroxylation sites is 1. The van der Waals surface area contributed by atoms with Gasteiger partial charge in [-0.25, -0.2) is 0 Å². The first-order valence-corrected chi connectivity index (χ1v) is 10.7. The van der Waals surface area contributed by atoms with Crippen molar-refractivity contribution in [3.63, 3.8) is 0 Å². The lowest BCUT2D eigenvalue weighted by molar-refractivity contribution is 0.394. The molecular weight excluding hydrogens is 406 g/mol. The van der Waals surface area contributed by atoms with E-state index < -0.39 is 0 Å². The normalized spacial score (nSPS) is 11.8. The molecule has 0 bridgehead atoms. The van der Waals surface area contributed by atoms with E-state index in [4.69, 9.17) is 9.47 Å². The Morgan fingerprint density at radius 2 is 1.68 bits per heavy atom. The molecule has 0 fully saturated rings. The quantitative estimate of drug-likeness (QED) is 0.302. The number of nitrogens with zero attached hydrogens (tertiary/aromatic N) is 3. The number of methoxy groups -OCH3 is 2. The molecule has 0 aliphatic heterocycles. The summed E-state index contributed by atoms with van der Waals surface area (Å²) in [7, 11) is 3.25. The van der Waals surface area contributed by atoms with Crippen LogP contribution in [0.25, 0.3) is 16.9 Å². The SMILES string of the molecule is COc1ccc(/C=N/N=c2/scc(-c3ccccc3)n2-c2ccccc2C)c(OC)c1. The molecule has 0 spiro atoms. The molecule has 4 aromatic rings. The van der Waals surface area contributed by atoms with E-state index >= 15 is 0 Å². The number of ether oxygens (including phenoxy) is 2.